The normalized spacial score (nSPS) is 14.8. The van der Waals surface area contributed by atoms with Gasteiger partial charge in [0, 0.05) is 50.3 Å². The standard InChI is InChI=1S/C21H19F6N7O/c1-13-29-17(12-18(30-13)34-4-2-3-28-34)32-5-7-33(8-6-32)19(35)31-16-10-14(20(22,23)24)9-15(11-16)21(25,26)27/h2-4,9-12H,5-8H2,1H3,(H,31,35). The van der Waals surface area contributed by atoms with Gasteiger partial charge in [0.05, 0.1) is 11.1 Å². The third-order valence-electron chi connectivity index (χ3n) is 5.28. The quantitative estimate of drug-likeness (QED) is 0.542. The number of hydrogen-bond acceptors (Lipinski definition) is 5. The van der Waals surface area contributed by atoms with Crippen LogP contribution < -0.4 is 10.2 Å². The first-order valence-corrected chi connectivity index (χ1v) is 10.4. The number of carbonyl (C=O) groups excluding carboxylic acids is 1. The summed E-state index contributed by atoms with van der Waals surface area (Å²) in [6.45, 7) is 2.77. The molecule has 0 bridgehead atoms. The largest absolute Gasteiger partial charge is 0.416 e. The molecule has 0 radical (unpaired) electrons. The Labute approximate surface area is 195 Å². The molecule has 1 aliphatic heterocycles. The highest BCUT2D eigenvalue weighted by Crippen LogP contribution is 2.37. The van der Waals surface area contributed by atoms with Crippen LogP contribution in [0.5, 0.6) is 0 Å². The maximum atomic E-state index is 13.1. The van der Waals surface area contributed by atoms with Gasteiger partial charge in [-0.05, 0) is 31.2 Å². The number of anilines is 2. The van der Waals surface area contributed by atoms with Crippen molar-refractivity contribution < 1.29 is 31.1 Å². The molecule has 186 valence electrons. The van der Waals surface area contributed by atoms with E-state index in [1.807, 2.05) is 4.90 Å². The Morgan fingerprint density at radius 3 is 2.03 bits per heavy atom. The molecule has 0 unspecified atom stereocenters. The van der Waals surface area contributed by atoms with E-state index in [2.05, 4.69) is 20.4 Å². The summed E-state index contributed by atoms with van der Waals surface area (Å²) >= 11 is 0. The van der Waals surface area contributed by atoms with Gasteiger partial charge in [0.2, 0.25) is 0 Å². The minimum Gasteiger partial charge on any atom is -0.353 e. The minimum atomic E-state index is -5.00. The molecule has 0 aliphatic carbocycles. The van der Waals surface area contributed by atoms with Crippen LogP contribution in [0.1, 0.15) is 17.0 Å². The molecule has 2 amide bonds. The van der Waals surface area contributed by atoms with Crippen LogP contribution >= 0.6 is 0 Å². The van der Waals surface area contributed by atoms with Gasteiger partial charge in [-0.2, -0.15) is 31.4 Å². The molecule has 3 aromatic rings. The Hall–Kier alpha value is -3.84. The maximum absolute atomic E-state index is 13.1. The van der Waals surface area contributed by atoms with Crippen molar-refractivity contribution in [3.8, 4) is 5.82 Å². The zero-order valence-corrected chi connectivity index (χ0v) is 18.2. The van der Waals surface area contributed by atoms with Crippen LogP contribution in [0.3, 0.4) is 0 Å². The van der Waals surface area contributed by atoms with Gasteiger partial charge in [0.1, 0.15) is 11.6 Å². The molecule has 1 aliphatic rings. The zero-order chi connectivity index (χ0) is 25.4. The summed E-state index contributed by atoms with van der Waals surface area (Å²) in [6, 6.07) is 3.64. The number of urea groups is 1. The SMILES string of the molecule is Cc1nc(N2CCN(C(=O)Nc3cc(C(F)(F)F)cc(C(F)(F)F)c3)CC2)cc(-n2cccn2)n1. The van der Waals surface area contributed by atoms with E-state index in [1.165, 1.54) is 4.90 Å². The van der Waals surface area contributed by atoms with Crippen molar-refractivity contribution in [2.75, 3.05) is 36.4 Å². The maximum Gasteiger partial charge on any atom is 0.416 e. The van der Waals surface area contributed by atoms with Gasteiger partial charge in [-0.15, -0.1) is 0 Å². The predicted octanol–water partition coefficient (Wildman–Crippen LogP) is 4.36. The second kappa shape index (κ2) is 9.07. The highest BCUT2D eigenvalue weighted by molar-refractivity contribution is 5.89. The molecular weight excluding hydrogens is 480 g/mol. The Kier molecular flexibility index (Phi) is 6.30. The van der Waals surface area contributed by atoms with E-state index < -0.39 is 35.2 Å². The number of benzene rings is 1. The lowest BCUT2D eigenvalue weighted by molar-refractivity contribution is -0.143. The van der Waals surface area contributed by atoms with Crippen molar-refractivity contribution in [1.29, 1.82) is 0 Å². The van der Waals surface area contributed by atoms with Crippen LogP contribution in [-0.2, 0) is 12.4 Å². The topological polar surface area (TPSA) is 79.2 Å². The van der Waals surface area contributed by atoms with Gasteiger partial charge in [-0.1, -0.05) is 0 Å². The zero-order valence-electron chi connectivity index (χ0n) is 18.2. The lowest BCUT2D eigenvalue weighted by Crippen LogP contribution is -2.50. The molecule has 2 aromatic heterocycles. The molecule has 0 atom stereocenters. The van der Waals surface area contributed by atoms with Gasteiger partial charge < -0.3 is 15.1 Å². The Balaban J connectivity index is 1.45. The lowest BCUT2D eigenvalue weighted by Gasteiger charge is -2.35. The highest BCUT2D eigenvalue weighted by Gasteiger charge is 2.37. The molecule has 3 heterocycles. The first kappa shape index (κ1) is 24.3. The summed E-state index contributed by atoms with van der Waals surface area (Å²) < 4.78 is 80.0. The molecular formula is C21H19F6N7O. The van der Waals surface area contributed by atoms with Crippen molar-refractivity contribution in [2.45, 2.75) is 19.3 Å². The fraction of sp³-hybridized carbons (Fsp3) is 0.333. The van der Waals surface area contributed by atoms with E-state index in [4.69, 9.17) is 0 Å². The van der Waals surface area contributed by atoms with Gasteiger partial charge in [-0.25, -0.2) is 19.4 Å². The number of alkyl halides is 6. The number of aromatic nitrogens is 4. The Morgan fingerprint density at radius 1 is 0.886 bits per heavy atom. The van der Waals surface area contributed by atoms with Crippen LogP contribution in [0.15, 0.2) is 42.7 Å². The third kappa shape index (κ3) is 5.63. The summed E-state index contributed by atoms with van der Waals surface area (Å²) in [5, 5.41) is 6.30. The number of nitrogens with zero attached hydrogens (tertiary/aromatic N) is 6. The number of amides is 2. The average Bonchev–Trinajstić information content (AvgIpc) is 3.32. The first-order chi connectivity index (χ1) is 16.4. The fourth-order valence-corrected chi connectivity index (χ4v) is 3.59. The van der Waals surface area contributed by atoms with E-state index in [0.717, 1.165) is 0 Å². The molecule has 8 nitrogen and oxygen atoms in total. The van der Waals surface area contributed by atoms with Gasteiger partial charge in [-0.3, -0.25) is 0 Å². The predicted molar refractivity (Wildman–Crippen MR) is 113 cm³/mol. The summed E-state index contributed by atoms with van der Waals surface area (Å²) in [4.78, 5) is 24.6. The number of halogens is 6. The molecule has 0 spiro atoms. The van der Waals surface area contributed by atoms with Gasteiger partial charge in [0.25, 0.3) is 0 Å². The number of aryl methyl sites for hydroxylation is 1. The number of rotatable bonds is 3. The molecule has 1 N–H and O–H groups in total. The van der Waals surface area contributed by atoms with E-state index >= 15 is 0 Å². The van der Waals surface area contributed by atoms with Crippen LogP contribution in [0, 0.1) is 6.92 Å². The average molecular weight is 499 g/mol. The number of carbonyl (C=O) groups is 1. The van der Waals surface area contributed by atoms with Crippen LogP contribution in [0.2, 0.25) is 0 Å². The van der Waals surface area contributed by atoms with E-state index in [1.54, 1.807) is 36.1 Å². The molecule has 14 heteroatoms. The second-order valence-corrected chi connectivity index (χ2v) is 7.78. The second-order valence-electron chi connectivity index (χ2n) is 7.78. The summed E-state index contributed by atoms with van der Waals surface area (Å²) in [5.74, 6) is 1.68. The molecule has 0 saturated carbocycles. The van der Waals surface area contributed by atoms with Crippen molar-refractivity contribution in [1.82, 2.24) is 24.6 Å². The Morgan fingerprint density at radius 2 is 1.49 bits per heavy atom. The summed E-state index contributed by atoms with van der Waals surface area (Å²) in [7, 11) is 0. The van der Waals surface area contributed by atoms with Crippen molar-refractivity contribution in [2.24, 2.45) is 0 Å². The molecule has 1 fully saturated rings. The van der Waals surface area contributed by atoms with Crippen molar-refractivity contribution >= 4 is 17.5 Å². The van der Waals surface area contributed by atoms with Crippen molar-refractivity contribution in [3.63, 3.8) is 0 Å². The minimum absolute atomic E-state index is 0.00956. The first-order valence-electron chi connectivity index (χ1n) is 10.4. The number of nitrogens with one attached hydrogen (secondary N) is 1. The molecule has 1 saturated heterocycles. The highest BCUT2D eigenvalue weighted by atomic mass is 19.4. The summed E-state index contributed by atoms with van der Waals surface area (Å²) in [6.07, 6.45) is -6.67. The number of hydrogen-bond donors (Lipinski definition) is 1. The van der Waals surface area contributed by atoms with E-state index in [9.17, 15) is 31.1 Å². The fourth-order valence-electron chi connectivity index (χ4n) is 3.59. The monoisotopic (exact) mass is 499 g/mol. The lowest BCUT2D eigenvalue weighted by atomic mass is 10.1. The van der Waals surface area contributed by atoms with Crippen LogP contribution in [0.25, 0.3) is 5.82 Å². The Bertz CT molecular complexity index is 1170. The van der Waals surface area contributed by atoms with E-state index in [0.29, 0.717) is 42.7 Å². The van der Waals surface area contributed by atoms with Crippen molar-refractivity contribution in [3.05, 3.63) is 59.7 Å². The van der Waals surface area contributed by atoms with E-state index in [-0.39, 0.29) is 19.2 Å². The molecule has 1 aromatic carbocycles. The van der Waals surface area contributed by atoms with Crippen LogP contribution in [0.4, 0.5) is 42.6 Å². The molecule has 35 heavy (non-hydrogen) atoms. The van der Waals surface area contributed by atoms with Gasteiger partial charge >= 0.3 is 18.4 Å². The summed E-state index contributed by atoms with van der Waals surface area (Å²) in [5.41, 5.74) is -3.59. The van der Waals surface area contributed by atoms with Crippen LogP contribution in [-0.4, -0.2) is 56.9 Å². The smallest absolute Gasteiger partial charge is 0.353 e. The third-order valence-corrected chi connectivity index (χ3v) is 5.28. The molecule has 4 rings (SSSR count). The van der Waals surface area contributed by atoms with Gasteiger partial charge in [0.15, 0.2) is 5.82 Å². The number of piperazine rings is 1.